The third-order valence-electron chi connectivity index (χ3n) is 3.43. The van der Waals surface area contributed by atoms with Crippen molar-refractivity contribution in [2.24, 2.45) is 0 Å². The van der Waals surface area contributed by atoms with Crippen molar-refractivity contribution in [3.05, 3.63) is 35.4 Å². The third kappa shape index (κ3) is 4.39. The number of likely N-dealkylation sites (N-methyl/N-ethyl adjacent to an activating group) is 1. The molecule has 2 rings (SSSR count). The highest BCUT2D eigenvalue weighted by Gasteiger charge is 2.20. The summed E-state index contributed by atoms with van der Waals surface area (Å²) in [6.07, 6.45) is 0.155. The molecule has 0 aliphatic carbocycles. The van der Waals surface area contributed by atoms with Crippen molar-refractivity contribution < 1.29 is 24.2 Å². The number of aliphatic hydroxyl groups excluding tert-OH is 1. The van der Waals surface area contributed by atoms with E-state index in [0.717, 1.165) is 6.08 Å². The summed E-state index contributed by atoms with van der Waals surface area (Å²) in [4.78, 5) is 24.3. The monoisotopic (exact) mass is 354 g/mol. The van der Waals surface area contributed by atoms with E-state index in [9.17, 15) is 14.7 Å². The maximum atomic E-state index is 11.8. The van der Waals surface area contributed by atoms with Gasteiger partial charge in [-0.05, 0) is 23.8 Å². The van der Waals surface area contributed by atoms with Crippen molar-refractivity contribution in [1.29, 1.82) is 0 Å². The first-order chi connectivity index (χ1) is 11.4. The van der Waals surface area contributed by atoms with Crippen LogP contribution in [0.5, 0.6) is 11.5 Å². The van der Waals surface area contributed by atoms with Crippen molar-refractivity contribution in [1.82, 2.24) is 10.2 Å². The summed E-state index contributed by atoms with van der Waals surface area (Å²) in [6, 6.07) is 3.20. The minimum atomic E-state index is -0.970. The zero-order valence-electron chi connectivity index (χ0n) is 13.3. The fourth-order valence-corrected chi connectivity index (χ4v) is 2.43. The first kappa shape index (κ1) is 18.1. The number of benzene rings is 1. The summed E-state index contributed by atoms with van der Waals surface area (Å²) in [5.74, 6) is 0.164. The lowest BCUT2D eigenvalue weighted by Crippen LogP contribution is -2.39. The molecule has 24 heavy (non-hydrogen) atoms. The molecular weight excluding hydrogens is 336 g/mol. The van der Waals surface area contributed by atoms with E-state index in [0.29, 0.717) is 35.3 Å². The molecular formula is C16H19ClN2O5. The summed E-state index contributed by atoms with van der Waals surface area (Å²) in [5.41, 5.74) is 0.500. The van der Waals surface area contributed by atoms with Gasteiger partial charge in [-0.15, -0.1) is 0 Å². The van der Waals surface area contributed by atoms with Gasteiger partial charge in [0, 0.05) is 13.6 Å². The van der Waals surface area contributed by atoms with E-state index < -0.39 is 12.0 Å². The molecule has 0 fully saturated rings. The predicted octanol–water partition coefficient (Wildman–Crippen LogP) is 0.905. The SMILES string of the molecule is C=CC(=O)N(C)CC(=O)NCC(O)c1cc(Cl)c2c(c1)OCCO2. The first-order valence-electron chi connectivity index (χ1n) is 7.33. The molecule has 1 unspecified atom stereocenters. The van der Waals surface area contributed by atoms with E-state index in [1.807, 2.05) is 0 Å². The maximum absolute atomic E-state index is 11.8. The Morgan fingerprint density at radius 3 is 2.88 bits per heavy atom. The quantitative estimate of drug-likeness (QED) is 0.741. The Bertz CT molecular complexity index is 650. The number of rotatable bonds is 6. The van der Waals surface area contributed by atoms with Gasteiger partial charge in [0.15, 0.2) is 11.5 Å². The summed E-state index contributed by atoms with van der Waals surface area (Å²) in [5, 5.41) is 13.1. The number of ether oxygens (including phenoxy) is 2. The number of carbonyl (C=O) groups excluding carboxylic acids is 2. The van der Waals surface area contributed by atoms with Crippen molar-refractivity contribution >= 4 is 23.4 Å². The summed E-state index contributed by atoms with van der Waals surface area (Å²) >= 11 is 6.12. The Kier molecular flexibility index (Phi) is 6.05. The van der Waals surface area contributed by atoms with Crippen LogP contribution < -0.4 is 14.8 Å². The molecule has 0 aromatic heterocycles. The summed E-state index contributed by atoms with van der Waals surface area (Å²) in [6.45, 7) is 4.02. The van der Waals surface area contributed by atoms with Gasteiger partial charge in [-0.3, -0.25) is 9.59 Å². The largest absolute Gasteiger partial charge is 0.486 e. The van der Waals surface area contributed by atoms with Crippen molar-refractivity contribution in [3.8, 4) is 11.5 Å². The molecule has 1 aromatic rings. The van der Waals surface area contributed by atoms with Crippen LogP contribution in [-0.4, -0.2) is 55.2 Å². The second kappa shape index (κ2) is 8.03. The second-order valence-corrected chi connectivity index (χ2v) is 5.65. The van der Waals surface area contributed by atoms with E-state index in [1.165, 1.54) is 11.9 Å². The van der Waals surface area contributed by atoms with E-state index >= 15 is 0 Å². The van der Waals surface area contributed by atoms with Crippen molar-refractivity contribution in [2.45, 2.75) is 6.10 Å². The molecule has 0 spiro atoms. The van der Waals surface area contributed by atoms with Crippen LogP contribution in [0, 0.1) is 0 Å². The fourth-order valence-electron chi connectivity index (χ4n) is 2.16. The van der Waals surface area contributed by atoms with Crippen LogP contribution in [0.1, 0.15) is 11.7 Å². The fraction of sp³-hybridized carbons (Fsp3) is 0.375. The van der Waals surface area contributed by atoms with Gasteiger partial charge in [0.25, 0.3) is 0 Å². The number of hydrogen-bond donors (Lipinski definition) is 2. The number of nitrogens with one attached hydrogen (secondary N) is 1. The Labute approximate surface area is 144 Å². The Hall–Kier alpha value is -2.25. The molecule has 2 amide bonds. The van der Waals surface area contributed by atoms with Crippen LogP contribution in [0.15, 0.2) is 24.8 Å². The van der Waals surface area contributed by atoms with Crippen LogP contribution >= 0.6 is 11.6 Å². The molecule has 7 nitrogen and oxygen atoms in total. The van der Waals surface area contributed by atoms with Gasteiger partial charge in [-0.2, -0.15) is 0 Å². The molecule has 8 heteroatoms. The normalized spacial score (nSPS) is 13.8. The number of halogens is 1. The molecule has 0 bridgehead atoms. The molecule has 1 aliphatic rings. The minimum Gasteiger partial charge on any atom is -0.486 e. The number of hydrogen-bond acceptors (Lipinski definition) is 5. The average Bonchev–Trinajstić information content (AvgIpc) is 2.58. The maximum Gasteiger partial charge on any atom is 0.246 e. The van der Waals surface area contributed by atoms with Gasteiger partial charge in [-0.1, -0.05) is 18.2 Å². The molecule has 0 saturated carbocycles. The zero-order chi connectivity index (χ0) is 17.7. The number of nitrogens with zero attached hydrogens (tertiary/aromatic N) is 1. The lowest BCUT2D eigenvalue weighted by molar-refractivity contribution is -0.131. The highest BCUT2D eigenvalue weighted by Crippen LogP contribution is 2.39. The standard InChI is InChI=1S/C16H19ClN2O5/c1-3-15(22)19(2)9-14(21)18-8-12(20)10-6-11(17)16-13(7-10)23-4-5-24-16/h3,6-7,12,20H,1,4-5,8-9H2,2H3,(H,18,21). The smallest absolute Gasteiger partial charge is 0.246 e. The van der Waals surface area contributed by atoms with Crippen LogP contribution in [0.4, 0.5) is 0 Å². The Morgan fingerprint density at radius 1 is 1.46 bits per heavy atom. The lowest BCUT2D eigenvalue weighted by Gasteiger charge is -2.22. The topological polar surface area (TPSA) is 88.1 Å². The lowest BCUT2D eigenvalue weighted by atomic mass is 10.1. The zero-order valence-corrected chi connectivity index (χ0v) is 14.0. The summed E-state index contributed by atoms with van der Waals surface area (Å²) in [7, 11) is 1.49. The molecule has 1 heterocycles. The van der Waals surface area contributed by atoms with Crippen LogP contribution in [0.2, 0.25) is 5.02 Å². The van der Waals surface area contributed by atoms with E-state index in [1.54, 1.807) is 12.1 Å². The number of carbonyl (C=O) groups is 2. The molecule has 0 radical (unpaired) electrons. The minimum absolute atomic E-state index is 0.0229. The second-order valence-electron chi connectivity index (χ2n) is 5.25. The molecule has 0 saturated heterocycles. The van der Waals surface area contributed by atoms with Gasteiger partial charge in [0.2, 0.25) is 11.8 Å². The Balaban J connectivity index is 1.94. The number of fused-ring (bicyclic) bond motifs is 1. The van der Waals surface area contributed by atoms with Crippen LogP contribution in [-0.2, 0) is 9.59 Å². The molecule has 130 valence electrons. The molecule has 1 aliphatic heterocycles. The first-order valence-corrected chi connectivity index (χ1v) is 7.71. The molecule has 1 atom stereocenters. The van der Waals surface area contributed by atoms with Gasteiger partial charge >= 0.3 is 0 Å². The number of aliphatic hydroxyl groups is 1. The van der Waals surface area contributed by atoms with Crippen LogP contribution in [0.3, 0.4) is 0 Å². The van der Waals surface area contributed by atoms with E-state index in [4.69, 9.17) is 21.1 Å². The number of amides is 2. The molecule has 2 N–H and O–H groups in total. The van der Waals surface area contributed by atoms with Crippen molar-refractivity contribution in [3.63, 3.8) is 0 Å². The predicted molar refractivity (Wildman–Crippen MR) is 88.2 cm³/mol. The van der Waals surface area contributed by atoms with Gasteiger partial charge in [0.1, 0.15) is 13.2 Å². The Morgan fingerprint density at radius 2 is 2.17 bits per heavy atom. The van der Waals surface area contributed by atoms with E-state index in [2.05, 4.69) is 11.9 Å². The summed E-state index contributed by atoms with van der Waals surface area (Å²) < 4.78 is 10.9. The van der Waals surface area contributed by atoms with Crippen LogP contribution in [0.25, 0.3) is 0 Å². The molecule has 1 aromatic carbocycles. The van der Waals surface area contributed by atoms with Gasteiger partial charge in [-0.25, -0.2) is 0 Å². The van der Waals surface area contributed by atoms with E-state index in [-0.39, 0.29) is 19.0 Å². The highest BCUT2D eigenvalue weighted by atomic mass is 35.5. The van der Waals surface area contributed by atoms with Gasteiger partial charge < -0.3 is 24.8 Å². The third-order valence-corrected chi connectivity index (χ3v) is 3.71. The average molecular weight is 355 g/mol. The van der Waals surface area contributed by atoms with Crippen molar-refractivity contribution in [2.75, 3.05) is 33.4 Å². The highest BCUT2D eigenvalue weighted by molar-refractivity contribution is 6.32. The van der Waals surface area contributed by atoms with Gasteiger partial charge in [0.05, 0.1) is 17.7 Å².